The highest BCUT2D eigenvalue weighted by Gasteiger charge is 2.20. The van der Waals surface area contributed by atoms with Gasteiger partial charge in [-0.3, -0.25) is 4.79 Å². The topological polar surface area (TPSA) is 65.1 Å². The third kappa shape index (κ3) is 3.29. The van der Waals surface area contributed by atoms with Crippen LogP contribution in [0.5, 0.6) is 0 Å². The molecule has 1 aromatic carbocycles. The Morgan fingerprint density at radius 2 is 1.95 bits per heavy atom. The summed E-state index contributed by atoms with van der Waals surface area (Å²) in [7, 11) is 0. The summed E-state index contributed by atoms with van der Waals surface area (Å²) in [6, 6.07) is 8.74. The molecule has 106 valence electrons. The SMILES string of the molecule is Cc1[nH]ccc1C(=O)NC(C)C(O)c1ccc(Br)cc1. The number of carbonyl (C=O) groups is 1. The summed E-state index contributed by atoms with van der Waals surface area (Å²) in [5, 5.41) is 13.1. The zero-order valence-electron chi connectivity index (χ0n) is 11.4. The monoisotopic (exact) mass is 336 g/mol. The lowest BCUT2D eigenvalue weighted by molar-refractivity contribution is 0.0851. The smallest absolute Gasteiger partial charge is 0.253 e. The van der Waals surface area contributed by atoms with Crippen molar-refractivity contribution < 1.29 is 9.90 Å². The fraction of sp³-hybridized carbons (Fsp3) is 0.267. The summed E-state index contributed by atoms with van der Waals surface area (Å²) in [6.07, 6.45) is 0.978. The number of H-pyrrole nitrogens is 1. The molecule has 1 aromatic heterocycles. The van der Waals surface area contributed by atoms with Crippen LogP contribution in [0.2, 0.25) is 0 Å². The van der Waals surface area contributed by atoms with E-state index >= 15 is 0 Å². The van der Waals surface area contributed by atoms with Gasteiger partial charge in [-0.2, -0.15) is 0 Å². The molecule has 1 amide bonds. The normalized spacial score (nSPS) is 13.8. The lowest BCUT2D eigenvalue weighted by atomic mass is 10.0. The van der Waals surface area contributed by atoms with Crippen LogP contribution in [-0.4, -0.2) is 22.0 Å². The van der Waals surface area contributed by atoms with Gasteiger partial charge in [0.15, 0.2) is 0 Å². The molecule has 2 rings (SSSR count). The summed E-state index contributed by atoms with van der Waals surface area (Å²) >= 11 is 3.35. The molecule has 0 saturated carbocycles. The van der Waals surface area contributed by atoms with E-state index in [1.54, 1.807) is 19.2 Å². The zero-order chi connectivity index (χ0) is 14.7. The zero-order valence-corrected chi connectivity index (χ0v) is 12.9. The molecule has 2 aromatic rings. The van der Waals surface area contributed by atoms with Crippen molar-refractivity contribution in [2.24, 2.45) is 0 Å². The molecule has 0 aliphatic heterocycles. The van der Waals surface area contributed by atoms with Crippen molar-refractivity contribution in [3.05, 3.63) is 57.8 Å². The van der Waals surface area contributed by atoms with Crippen LogP contribution in [0, 0.1) is 6.92 Å². The number of aryl methyl sites for hydroxylation is 1. The van der Waals surface area contributed by atoms with Gasteiger partial charge in [0.1, 0.15) is 0 Å². The van der Waals surface area contributed by atoms with Gasteiger partial charge in [-0.1, -0.05) is 28.1 Å². The molecule has 20 heavy (non-hydrogen) atoms. The Balaban J connectivity index is 2.04. The van der Waals surface area contributed by atoms with Crippen LogP contribution < -0.4 is 5.32 Å². The number of aliphatic hydroxyl groups excluding tert-OH is 1. The minimum Gasteiger partial charge on any atom is -0.386 e. The molecule has 2 unspecified atom stereocenters. The number of benzene rings is 1. The summed E-state index contributed by atoms with van der Waals surface area (Å²) < 4.78 is 0.952. The van der Waals surface area contributed by atoms with Crippen LogP contribution in [0.1, 0.15) is 34.6 Å². The number of aromatic amines is 1. The number of rotatable bonds is 4. The van der Waals surface area contributed by atoms with Gasteiger partial charge in [-0.05, 0) is 37.6 Å². The number of hydrogen-bond donors (Lipinski definition) is 3. The van der Waals surface area contributed by atoms with Crippen molar-refractivity contribution in [2.75, 3.05) is 0 Å². The summed E-state index contributed by atoms with van der Waals surface area (Å²) in [5.41, 5.74) is 2.18. The predicted octanol–water partition coefficient (Wildman–Crippen LogP) is 2.94. The molecule has 3 N–H and O–H groups in total. The maximum atomic E-state index is 12.1. The lowest BCUT2D eigenvalue weighted by Crippen LogP contribution is -2.37. The van der Waals surface area contributed by atoms with E-state index in [-0.39, 0.29) is 11.9 Å². The highest BCUT2D eigenvalue weighted by Crippen LogP contribution is 2.20. The average Bonchev–Trinajstić information content (AvgIpc) is 2.85. The van der Waals surface area contributed by atoms with Crippen molar-refractivity contribution in [1.82, 2.24) is 10.3 Å². The second-order valence-corrected chi connectivity index (χ2v) is 5.69. The first-order chi connectivity index (χ1) is 9.49. The minimum atomic E-state index is -0.744. The van der Waals surface area contributed by atoms with Crippen LogP contribution in [0.4, 0.5) is 0 Å². The van der Waals surface area contributed by atoms with E-state index in [1.807, 2.05) is 31.2 Å². The largest absolute Gasteiger partial charge is 0.386 e. The van der Waals surface area contributed by atoms with Crippen LogP contribution in [0.25, 0.3) is 0 Å². The third-order valence-corrected chi connectivity index (χ3v) is 3.77. The Morgan fingerprint density at radius 1 is 1.30 bits per heavy atom. The van der Waals surface area contributed by atoms with E-state index < -0.39 is 6.10 Å². The van der Waals surface area contributed by atoms with Crippen LogP contribution in [0.15, 0.2) is 41.0 Å². The number of hydrogen-bond acceptors (Lipinski definition) is 2. The number of amides is 1. The molecular formula is C15H17BrN2O2. The molecule has 0 saturated heterocycles. The van der Waals surface area contributed by atoms with Gasteiger partial charge < -0.3 is 15.4 Å². The van der Waals surface area contributed by atoms with Crippen molar-refractivity contribution in [3.8, 4) is 0 Å². The number of nitrogens with one attached hydrogen (secondary N) is 2. The van der Waals surface area contributed by atoms with Crippen LogP contribution in [-0.2, 0) is 0 Å². The summed E-state index contributed by atoms with van der Waals surface area (Å²) in [6.45, 7) is 3.62. The molecule has 0 spiro atoms. The van der Waals surface area contributed by atoms with Crippen molar-refractivity contribution >= 4 is 21.8 Å². The lowest BCUT2D eigenvalue weighted by Gasteiger charge is -2.20. The molecular weight excluding hydrogens is 320 g/mol. The average molecular weight is 337 g/mol. The Hall–Kier alpha value is -1.59. The van der Waals surface area contributed by atoms with E-state index in [0.29, 0.717) is 5.56 Å². The number of halogens is 1. The van der Waals surface area contributed by atoms with Gasteiger partial charge in [0.25, 0.3) is 5.91 Å². The predicted molar refractivity (Wildman–Crippen MR) is 81.6 cm³/mol. The standard InChI is InChI=1S/C15H17BrN2O2/c1-9-13(7-8-17-9)15(20)18-10(2)14(19)11-3-5-12(16)6-4-11/h3-8,10,14,17,19H,1-2H3,(H,18,20). The van der Waals surface area contributed by atoms with E-state index in [9.17, 15) is 9.90 Å². The van der Waals surface area contributed by atoms with E-state index in [4.69, 9.17) is 0 Å². The Kier molecular flexibility index (Phi) is 4.62. The van der Waals surface area contributed by atoms with Crippen LogP contribution >= 0.6 is 15.9 Å². The van der Waals surface area contributed by atoms with E-state index in [2.05, 4.69) is 26.2 Å². The molecule has 0 radical (unpaired) electrons. The van der Waals surface area contributed by atoms with E-state index in [1.165, 1.54) is 0 Å². The first kappa shape index (κ1) is 14.8. The Morgan fingerprint density at radius 3 is 2.50 bits per heavy atom. The highest BCUT2D eigenvalue weighted by molar-refractivity contribution is 9.10. The first-order valence-corrected chi connectivity index (χ1v) is 7.16. The summed E-state index contributed by atoms with van der Waals surface area (Å²) in [5.74, 6) is -0.188. The highest BCUT2D eigenvalue weighted by atomic mass is 79.9. The van der Waals surface area contributed by atoms with E-state index in [0.717, 1.165) is 15.7 Å². The van der Waals surface area contributed by atoms with Gasteiger partial charge in [0.05, 0.1) is 17.7 Å². The van der Waals surface area contributed by atoms with Crippen molar-refractivity contribution in [1.29, 1.82) is 0 Å². The van der Waals surface area contributed by atoms with Crippen molar-refractivity contribution in [3.63, 3.8) is 0 Å². The van der Waals surface area contributed by atoms with Crippen LogP contribution in [0.3, 0.4) is 0 Å². The Labute approximate surface area is 126 Å². The second-order valence-electron chi connectivity index (χ2n) is 4.77. The molecule has 0 fully saturated rings. The minimum absolute atomic E-state index is 0.188. The number of aliphatic hydroxyl groups is 1. The quantitative estimate of drug-likeness (QED) is 0.803. The number of carbonyl (C=O) groups excluding carboxylic acids is 1. The van der Waals surface area contributed by atoms with Gasteiger partial charge in [-0.15, -0.1) is 0 Å². The fourth-order valence-electron chi connectivity index (χ4n) is 2.01. The molecule has 0 aliphatic carbocycles. The summed E-state index contributed by atoms with van der Waals surface area (Å²) in [4.78, 5) is 15.0. The number of aromatic nitrogens is 1. The molecule has 2 atom stereocenters. The molecule has 0 aliphatic rings. The molecule has 4 nitrogen and oxygen atoms in total. The molecule has 1 heterocycles. The molecule has 5 heteroatoms. The fourth-order valence-corrected chi connectivity index (χ4v) is 2.28. The first-order valence-electron chi connectivity index (χ1n) is 6.37. The maximum Gasteiger partial charge on any atom is 0.253 e. The third-order valence-electron chi connectivity index (χ3n) is 3.24. The van der Waals surface area contributed by atoms with Gasteiger partial charge in [0.2, 0.25) is 0 Å². The maximum absolute atomic E-state index is 12.1. The van der Waals surface area contributed by atoms with Gasteiger partial charge >= 0.3 is 0 Å². The van der Waals surface area contributed by atoms with Gasteiger partial charge in [-0.25, -0.2) is 0 Å². The van der Waals surface area contributed by atoms with Crippen molar-refractivity contribution in [2.45, 2.75) is 26.0 Å². The second kappa shape index (κ2) is 6.24. The molecule has 0 bridgehead atoms. The Bertz CT molecular complexity index is 592. The van der Waals surface area contributed by atoms with Gasteiger partial charge in [0, 0.05) is 16.4 Å².